The van der Waals surface area contributed by atoms with Crippen LogP contribution in [0.3, 0.4) is 0 Å². The monoisotopic (exact) mass is 142 g/mol. The predicted octanol–water partition coefficient (Wildman–Crippen LogP) is -0.473. The Labute approximate surface area is 61.2 Å². The molecule has 0 saturated carbocycles. The Balaban J connectivity index is 2.31. The predicted molar refractivity (Wildman–Crippen MR) is 40.0 cm³/mol. The second-order valence-corrected chi connectivity index (χ2v) is 2.53. The van der Waals surface area contributed by atoms with Gasteiger partial charge in [0.25, 0.3) is 0 Å². The highest BCUT2D eigenvalue weighted by molar-refractivity contribution is 5.84. The van der Waals surface area contributed by atoms with Crippen molar-refractivity contribution in [3.63, 3.8) is 0 Å². The first-order valence-electron chi connectivity index (χ1n) is 3.81. The number of nitrogens with one attached hydrogen (secondary N) is 2. The number of piperazine rings is 1. The first kappa shape index (κ1) is 7.69. The molecule has 0 aromatic rings. The minimum absolute atomic E-state index is 0.0683. The van der Waals surface area contributed by atoms with Crippen LogP contribution in [0.2, 0.25) is 0 Å². The number of carbonyl (C=O) groups is 1. The summed E-state index contributed by atoms with van der Waals surface area (Å²) in [5.41, 5.74) is 0. The second kappa shape index (κ2) is 3.68. The van der Waals surface area contributed by atoms with Gasteiger partial charge in [-0.25, -0.2) is 0 Å². The van der Waals surface area contributed by atoms with Gasteiger partial charge >= 0.3 is 0 Å². The van der Waals surface area contributed by atoms with Crippen molar-refractivity contribution >= 4 is 5.78 Å². The van der Waals surface area contributed by atoms with Crippen molar-refractivity contribution in [3.8, 4) is 0 Å². The van der Waals surface area contributed by atoms with Gasteiger partial charge in [-0.2, -0.15) is 0 Å². The molecule has 1 rings (SSSR count). The number of hydrogen-bond donors (Lipinski definition) is 2. The number of rotatable bonds is 2. The highest BCUT2D eigenvalue weighted by Crippen LogP contribution is 1.92. The van der Waals surface area contributed by atoms with Crippen molar-refractivity contribution in [2.24, 2.45) is 0 Å². The molecule has 0 aromatic heterocycles. The molecule has 0 aromatic carbocycles. The summed E-state index contributed by atoms with van der Waals surface area (Å²) < 4.78 is 0. The van der Waals surface area contributed by atoms with E-state index in [4.69, 9.17) is 0 Å². The molecule has 1 heterocycles. The van der Waals surface area contributed by atoms with Crippen LogP contribution in [0.25, 0.3) is 0 Å². The smallest absolute Gasteiger partial charge is 0.150 e. The van der Waals surface area contributed by atoms with Gasteiger partial charge in [-0.15, -0.1) is 0 Å². The lowest BCUT2D eigenvalue weighted by Crippen LogP contribution is -2.52. The second-order valence-electron chi connectivity index (χ2n) is 2.53. The average molecular weight is 142 g/mol. The summed E-state index contributed by atoms with van der Waals surface area (Å²) in [6, 6.07) is 0.0683. The summed E-state index contributed by atoms with van der Waals surface area (Å²) in [4.78, 5) is 11.1. The van der Waals surface area contributed by atoms with Gasteiger partial charge in [0.05, 0.1) is 6.04 Å². The summed E-state index contributed by atoms with van der Waals surface area (Å²) in [5, 5.41) is 6.32. The lowest BCUT2D eigenvalue weighted by Gasteiger charge is -2.22. The molecular formula is C7H14N2O. The highest BCUT2D eigenvalue weighted by Gasteiger charge is 2.17. The average Bonchev–Trinajstić information content (AvgIpc) is 2.05. The molecule has 58 valence electrons. The van der Waals surface area contributed by atoms with Gasteiger partial charge in [0.2, 0.25) is 0 Å². The van der Waals surface area contributed by atoms with Crippen LogP contribution in [0.15, 0.2) is 0 Å². The topological polar surface area (TPSA) is 41.1 Å². The van der Waals surface area contributed by atoms with E-state index in [2.05, 4.69) is 10.6 Å². The van der Waals surface area contributed by atoms with E-state index < -0.39 is 0 Å². The lowest BCUT2D eigenvalue weighted by molar-refractivity contribution is -0.120. The van der Waals surface area contributed by atoms with Crippen LogP contribution < -0.4 is 10.6 Å². The van der Waals surface area contributed by atoms with Gasteiger partial charge in [0.15, 0.2) is 5.78 Å². The SMILES string of the molecule is CCC(=O)C1CNCCN1. The summed E-state index contributed by atoms with van der Waals surface area (Å²) >= 11 is 0. The minimum atomic E-state index is 0.0683. The Bertz CT molecular complexity index is 119. The summed E-state index contributed by atoms with van der Waals surface area (Å²) in [5.74, 6) is 0.312. The Morgan fingerprint density at radius 2 is 2.40 bits per heavy atom. The molecule has 0 radical (unpaired) electrons. The lowest BCUT2D eigenvalue weighted by atomic mass is 10.1. The summed E-state index contributed by atoms with van der Waals surface area (Å²) in [6.07, 6.45) is 0.638. The van der Waals surface area contributed by atoms with Gasteiger partial charge in [0.1, 0.15) is 0 Å². The molecule has 3 nitrogen and oxygen atoms in total. The Hall–Kier alpha value is -0.410. The van der Waals surface area contributed by atoms with Crippen molar-refractivity contribution < 1.29 is 4.79 Å². The third kappa shape index (κ3) is 1.78. The molecular weight excluding hydrogens is 128 g/mol. The highest BCUT2D eigenvalue weighted by atomic mass is 16.1. The Morgan fingerprint density at radius 3 is 2.90 bits per heavy atom. The normalized spacial score (nSPS) is 26.3. The number of hydrogen-bond acceptors (Lipinski definition) is 3. The van der Waals surface area contributed by atoms with Crippen LogP contribution in [0.4, 0.5) is 0 Å². The fourth-order valence-corrected chi connectivity index (χ4v) is 1.13. The van der Waals surface area contributed by atoms with E-state index in [-0.39, 0.29) is 6.04 Å². The van der Waals surface area contributed by atoms with Crippen LogP contribution in [-0.2, 0) is 4.79 Å². The van der Waals surface area contributed by atoms with Gasteiger partial charge < -0.3 is 10.6 Å². The van der Waals surface area contributed by atoms with Crippen LogP contribution in [0, 0.1) is 0 Å². The quantitative estimate of drug-likeness (QED) is 0.547. The molecule has 1 unspecified atom stereocenters. The maximum Gasteiger partial charge on any atom is 0.150 e. The molecule has 10 heavy (non-hydrogen) atoms. The molecule has 0 spiro atoms. The molecule has 1 aliphatic heterocycles. The molecule has 1 saturated heterocycles. The Morgan fingerprint density at radius 1 is 1.60 bits per heavy atom. The van der Waals surface area contributed by atoms with Gasteiger partial charge in [-0.3, -0.25) is 4.79 Å². The van der Waals surface area contributed by atoms with Crippen LogP contribution in [0.1, 0.15) is 13.3 Å². The minimum Gasteiger partial charge on any atom is -0.313 e. The van der Waals surface area contributed by atoms with Gasteiger partial charge in [-0.05, 0) is 0 Å². The number of ketones is 1. The zero-order valence-corrected chi connectivity index (χ0v) is 6.31. The first-order valence-corrected chi connectivity index (χ1v) is 3.81. The molecule has 1 aliphatic rings. The molecule has 0 amide bonds. The number of Topliss-reactive ketones (excluding diaryl/α,β-unsaturated/α-hetero) is 1. The molecule has 2 N–H and O–H groups in total. The van der Waals surface area contributed by atoms with E-state index in [0.717, 1.165) is 19.6 Å². The van der Waals surface area contributed by atoms with Crippen molar-refractivity contribution in [1.82, 2.24) is 10.6 Å². The molecule has 1 atom stereocenters. The van der Waals surface area contributed by atoms with Crippen molar-refractivity contribution in [1.29, 1.82) is 0 Å². The van der Waals surface area contributed by atoms with Crippen molar-refractivity contribution in [3.05, 3.63) is 0 Å². The van der Waals surface area contributed by atoms with Gasteiger partial charge in [-0.1, -0.05) is 6.92 Å². The van der Waals surface area contributed by atoms with E-state index in [1.54, 1.807) is 0 Å². The molecule has 3 heteroatoms. The van der Waals surface area contributed by atoms with E-state index in [9.17, 15) is 4.79 Å². The molecule has 1 fully saturated rings. The van der Waals surface area contributed by atoms with Crippen LogP contribution in [-0.4, -0.2) is 31.5 Å². The zero-order chi connectivity index (χ0) is 7.40. The van der Waals surface area contributed by atoms with Gasteiger partial charge in [0, 0.05) is 26.1 Å². The van der Waals surface area contributed by atoms with E-state index in [0.29, 0.717) is 12.2 Å². The van der Waals surface area contributed by atoms with Crippen LogP contribution >= 0.6 is 0 Å². The summed E-state index contributed by atoms with van der Waals surface area (Å²) in [7, 11) is 0. The maximum atomic E-state index is 11.1. The third-order valence-electron chi connectivity index (χ3n) is 1.78. The number of carbonyl (C=O) groups excluding carboxylic acids is 1. The fourth-order valence-electron chi connectivity index (χ4n) is 1.13. The molecule has 0 bridgehead atoms. The van der Waals surface area contributed by atoms with Crippen molar-refractivity contribution in [2.45, 2.75) is 19.4 Å². The third-order valence-corrected chi connectivity index (χ3v) is 1.78. The van der Waals surface area contributed by atoms with Crippen LogP contribution in [0.5, 0.6) is 0 Å². The fraction of sp³-hybridized carbons (Fsp3) is 0.857. The maximum absolute atomic E-state index is 11.1. The van der Waals surface area contributed by atoms with E-state index in [1.165, 1.54) is 0 Å². The largest absolute Gasteiger partial charge is 0.313 e. The Kier molecular flexibility index (Phi) is 2.83. The van der Waals surface area contributed by atoms with E-state index in [1.807, 2.05) is 6.92 Å². The molecule has 0 aliphatic carbocycles. The van der Waals surface area contributed by atoms with E-state index >= 15 is 0 Å². The standard InChI is InChI=1S/C7H14N2O/c1-2-7(10)6-5-8-3-4-9-6/h6,8-9H,2-5H2,1H3. The summed E-state index contributed by atoms with van der Waals surface area (Å²) in [6.45, 7) is 4.59. The first-order chi connectivity index (χ1) is 4.84. The zero-order valence-electron chi connectivity index (χ0n) is 6.31. The van der Waals surface area contributed by atoms with Crippen molar-refractivity contribution in [2.75, 3.05) is 19.6 Å².